The van der Waals surface area contributed by atoms with E-state index in [0.29, 0.717) is 17.1 Å². The number of imidazole rings is 1. The number of halogens is 1. The van der Waals surface area contributed by atoms with Gasteiger partial charge in [0, 0.05) is 37.2 Å². The molecule has 0 bridgehead atoms. The van der Waals surface area contributed by atoms with Gasteiger partial charge in [0.1, 0.15) is 11.7 Å². The zero-order valence-electron chi connectivity index (χ0n) is 16.7. The van der Waals surface area contributed by atoms with E-state index >= 15 is 0 Å². The first-order chi connectivity index (χ1) is 15.4. The molecule has 162 valence electrons. The second kappa shape index (κ2) is 7.92. The molecule has 8 nitrogen and oxygen atoms in total. The molecular formula is C22H18ClN5O3S. The Bertz CT molecular complexity index is 1410. The fourth-order valence-electron chi connectivity index (χ4n) is 3.70. The average Bonchev–Trinajstić information content (AvgIpc) is 3.42. The number of nitrogens with zero attached hydrogens (tertiary/aromatic N) is 3. The van der Waals surface area contributed by atoms with Crippen LogP contribution in [0.5, 0.6) is 0 Å². The largest absolute Gasteiger partial charge is 0.373 e. The van der Waals surface area contributed by atoms with Crippen molar-refractivity contribution in [3.63, 3.8) is 0 Å². The van der Waals surface area contributed by atoms with Gasteiger partial charge in [0.15, 0.2) is 5.03 Å². The smallest absolute Gasteiger partial charge is 0.243 e. The number of hydrogen-bond acceptors (Lipinski definition) is 6. The second-order valence-electron chi connectivity index (χ2n) is 7.47. The Balaban J connectivity index is 1.28. The first-order valence-corrected chi connectivity index (χ1v) is 11.7. The fourth-order valence-corrected chi connectivity index (χ4v) is 5.19. The standard InChI is InChI=1S/C22H18ClN5O3S/c23-16-3-6-20-25-12-21(28(20)13-16)32(30,31)17-4-1-14(2-5-17)10-26-22(29)19-9-15-11-24-8-7-18(15)27-19/h1-8,11-13,19,27H,9-10H2,(H,26,29). The summed E-state index contributed by atoms with van der Waals surface area (Å²) in [5, 5.41) is 6.53. The van der Waals surface area contributed by atoms with Gasteiger partial charge in [0.25, 0.3) is 0 Å². The Hall–Kier alpha value is -3.43. The highest BCUT2D eigenvalue weighted by Crippen LogP contribution is 2.25. The van der Waals surface area contributed by atoms with E-state index in [1.165, 1.54) is 28.9 Å². The number of rotatable bonds is 5. The lowest BCUT2D eigenvalue weighted by Crippen LogP contribution is -2.38. The number of carbonyl (C=O) groups is 1. The molecule has 1 unspecified atom stereocenters. The average molecular weight is 468 g/mol. The Morgan fingerprint density at radius 3 is 2.75 bits per heavy atom. The SMILES string of the molecule is O=C(NCc1ccc(S(=O)(=O)c2cnc3ccc(Cl)cn23)cc1)C1Cc2cnccc2N1. The van der Waals surface area contributed by atoms with Crippen LogP contribution in [-0.4, -0.2) is 34.7 Å². The van der Waals surface area contributed by atoms with E-state index in [9.17, 15) is 13.2 Å². The number of carbonyl (C=O) groups excluding carboxylic acids is 1. The van der Waals surface area contributed by atoms with Crippen LogP contribution < -0.4 is 10.6 Å². The van der Waals surface area contributed by atoms with Gasteiger partial charge in [-0.25, -0.2) is 13.4 Å². The topological polar surface area (TPSA) is 105 Å². The minimum Gasteiger partial charge on any atom is -0.373 e. The minimum absolute atomic E-state index is 0.0393. The zero-order chi connectivity index (χ0) is 22.3. The van der Waals surface area contributed by atoms with Crippen LogP contribution >= 0.6 is 11.6 Å². The first-order valence-electron chi connectivity index (χ1n) is 9.85. The molecule has 3 aromatic heterocycles. The summed E-state index contributed by atoms with van der Waals surface area (Å²) in [4.78, 5) is 20.9. The lowest BCUT2D eigenvalue weighted by atomic mass is 10.1. The van der Waals surface area contributed by atoms with Crippen molar-refractivity contribution in [2.45, 2.75) is 28.9 Å². The van der Waals surface area contributed by atoms with Gasteiger partial charge in [-0.05, 0) is 41.5 Å². The Labute approximate surface area is 189 Å². The monoisotopic (exact) mass is 467 g/mol. The third-order valence-corrected chi connectivity index (χ3v) is 7.35. The zero-order valence-corrected chi connectivity index (χ0v) is 18.3. The summed E-state index contributed by atoms with van der Waals surface area (Å²) in [5.74, 6) is -0.125. The molecule has 0 radical (unpaired) electrons. The summed E-state index contributed by atoms with van der Waals surface area (Å²) in [7, 11) is -3.79. The molecule has 1 aliphatic heterocycles. The molecule has 0 fully saturated rings. The summed E-state index contributed by atoms with van der Waals surface area (Å²) >= 11 is 6.01. The van der Waals surface area contributed by atoms with Crippen molar-refractivity contribution in [1.82, 2.24) is 19.7 Å². The Morgan fingerprint density at radius 1 is 1.16 bits per heavy atom. The molecular weight excluding hydrogens is 450 g/mol. The van der Waals surface area contributed by atoms with E-state index < -0.39 is 9.84 Å². The number of aromatic nitrogens is 3. The van der Waals surface area contributed by atoms with Gasteiger partial charge in [0.05, 0.1) is 16.1 Å². The molecule has 5 rings (SSSR count). The van der Waals surface area contributed by atoms with E-state index in [4.69, 9.17) is 11.6 Å². The van der Waals surface area contributed by atoms with Crippen molar-refractivity contribution in [3.8, 4) is 0 Å². The van der Waals surface area contributed by atoms with E-state index in [-0.39, 0.29) is 28.4 Å². The molecule has 1 aromatic carbocycles. The quantitative estimate of drug-likeness (QED) is 0.467. The molecule has 10 heteroatoms. The second-order valence-corrected chi connectivity index (χ2v) is 9.80. The highest BCUT2D eigenvalue weighted by atomic mass is 35.5. The van der Waals surface area contributed by atoms with Crippen LogP contribution in [0.2, 0.25) is 5.02 Å². The summed E-state index contributed by atoms with van der Waals surface area (Å²) < 4.78 is 27.6. The summed E-state index contributed by atoms with van der Waals surface area (Å²) in [5.41, 5.74) is 3.21. The fraction of sp³-hybridized carbons (Fsp3) is 0.136. The van der Waals surface area contributed by atoms with Gasteiger partial charge in [-0.1, -0.05) is 23.7 Å². The van der Waals surface area contributed by atoms with Crippen LogP contribution in [0.15, 0.2) is 77.2 Å². The third kappa shape index (κ3) is 3.69. The first kappa shape index (κ1) is 20.5. The van der Waals surface area contributed by atoms with E-state index in [1.807, 2.05) is 6.07 Å². The molecule has 0 saturated carbocycles. The van der Waals surface area contributed by atoms with Crippen LogP contribution in [0.1, 0.15) is 11.1 Å². The number of benzene rings is 1. The van der Waals surface area contributed by atoms with Crippen molar-refractivity contribution in [1.29, 1.82) is 0 Å². The number of nitrogens with one attached hydrogen (secondary N) is 2. The molecule has 0 spiro atoms. The van der Waals surface area contributed by atoms with E-state index in [0.717, 1.165) is 16.8 Å². The van der Waals surface area contributed by atoms with E-state index in [2.05, 4.69) is 20.6 Å². The van der Waals surface area contributed by atoms with Crippen molar-refractivity contribution in [2.75, 3.05) is 5.32 Å². The lowest BCUT2D eigenvalue weighted by Gasteiger charge is -2.12. The maximum Gasteiger partial charge on any atom is 0.243 e. The molecule has 0 saturated heterocycles. The van der Waals surface area contributed by atoms with E-state index in [1.54, 1.807) is 36.7 Å². The molecule has 1 amide bonds. The highest BCUT2D eigenvalue weighted by molar-refractivity contribution is 7.91. The molecule has 0 aliphatic carbocycles. The molecule has 4 aromatic rings. The van der Waals surface area contributed by atoms with Crippen molar-refractivity contribution in [2.24, 2.45) is 0 Å². The van der Waals surface area contributed by atoms with Gasteiger partial charge in [0.2, 0.25) is 15.7 Å². The number of fused-ring (bicyclic) bond motifs is 2. The highest BCUT2D eigenvalue weighted by Gasteiger charge is 2.26. The van der Waals surface area contributed by atoms with Gasteiger partial charge >= 0.3 is 0 Å². The number of anilines is 1. The number of sulfone groups is 1. The maximum atomic E-state index is 13.1. The van der Waals surface area contributed by atoms with Crippen molar-refractivity contribution < 1.29 is 13.2 Å². The number of amides is 1. The summed E-state index contributed by atoms with van der Waals surface area (Å²) in [6.45, 7) is 0.289. The maximum absolute atomic E-state index is 13.1. The van der Waals surface area contributed by atoms with Gasteiger partial charge < -0.3 is 10.6 Å². The summed E-state index contributed by atoms with van der Waals surface area (Å²) in [6, 6.07) is 11.2. The minimum atomic E-state index is -3.79. The molecule has 1 aliphatic rings. The number of pyridine rings is 2. The van der Waals surface area contributed by atoms with Crippen molar-refractivity contribution >= 4 is 38.7 Å². The molecule has 4 heterocycles. The molecule has 32 heavy (non-hydrogen) atoms. The van der Waals surface area contributed by atoms with Gasteiger partial charge in [-0.2, -0.15) is 0 Å². The Kier molecular flexibility index (Phi) is 5.07. The predicted octanol–water partition coefficient (Wildman–Crippen LogP) is 2.87. The van der Waals surface area contributed by atoms with Crippen LogP contribution in [0.3, 0.4) is 0 Å². The van der Waals surface area contributed by atoms with Crippen molar-refractivity contribution in [3.05, 3.63) is 83.4 Å². The lowest BCUT2D eigenvalue weighted by molar-refractivity contribution is -0.121. The normalized spacial score (nSPS) is 15.3. The molecule has 2 N–H and O–H groups in total. The Morgan fingerprint density at radius 2 is 1.97 bits per heavy atom. The summed E-state index contributed by atoms with van der Waals surface area (Å²) in [6.07, 6.45) is 6.86. The van der Waals surface area contributed by atoms with Gasteiger partial charge in [-0.3, -0.25) is 14.2 Å². The third-order valence-electron chi connectivity index (χ3n) is 5.39. The van der Waals surface area contributed by atoms with Crippen LogP contribution in [0.4, 0.5) is 5.69 Å². The predicted molar refractivity (Wildman–Crippen MR) is 119 cm³/mol. The van der Waals surface area contributed by atoms with Crippen LogP contribution in [0.25, 0.3) is 5.65 Å². The van der Waals surface area contributed by atoms with Gasteiger partial charge in [-0.15, -0.1) is 0 Å². The van der Waals surface area contributed by atoms with Crippen LogP contribution in [-0.2, 0) is 27.6 Å². The number of hydrogen-bond donors (Lipinski definition) is 2. The molecule has 1 atom stereocenters. The van der Waals surface area contributed by atoms with Crippen LogP contribution in [0, 0.1) is 0 Å².